The highest BCUT2D eigenvalue weighted by molar-refractivity contribution is 7.12. The molecule has 0 saturated heterocycles. The van der Waals surface area contributed by atoms with Crippen LogP contribution < -0.4 is 0 Å². The predicted octanol–water partition coefficient (Wildman–Crippen LogP) is 6.43. The summed E-state index contributed by atoms with van der Waals surface area (Å²) in [5.74, 6) is 0.218. The van der Waals surface area contributed by atoms with Crippen LogP contribution in [0.5, 0.6) is 0 Å². The van der Waals surface area contributed by atoms with Gasteiger partial charge in [0.15, 0.2) is 5.78 Å². The van der Waals surface area contributed by atoms with Crippen molar-refractivity contribution in [2.45, 2.75) is 93.4 Å². The fourth-order valence-corrected chi connectivity index (χ4v) is 3.29. The van der Waals surface area contributed by atoms with Gasteiger partial charge in [-0.1, -0.05) is 62.3 Å². The lowest BCUT2D eigenvalue weighted by Crippen LogP contribution is -2.13. The lowest BCUT2D eigenvalue weighted by atomic mass is 9.88. The Bertz CT molecular complexity index is 535. The van der Waals surface area contributed by atoms with Crippen molar-refractivity contribution < 1.29 is 4.79 Å². The van der Waals surface area contributed by atoms with Crippen LogP contribution in [0.15, 0.2) is 0 Å². The zero-order valence-corrected chi connectivity index (χ0v) is 17.4. The number of ketones is 1. The fraction of sp³-hybridized carbons (Fsp3) is 0.800. The van der Waals surface area contributed by atoms with Crippen molar-refractivity contribution in [3.8, 4) is 0 Å². The maximum absolute atomic E-state index is 12.7. The highest BCUT2D eigenvalue weighted by Gasteiger charge is 2.26. The van der Waals surface area contributed by atoms with E-state index in [0.29, 0.717) is 6.42 Å². The van der Waals surface area contributed by atoms with Crippen molar-refractivity contribution >= 4 is 17.1 Å². The van der Waals surface area contributed by atoms with E-state index in [9.17, 15) is 4.79 Å². The van der Waals surface area contributed by atoms with Gasteiger partial charge in [-0.2, -0.15) is 0 Å². The fourth-order valence-electron chi connectivity index (χ4n) is 2.16. The monoisotopic (exact) mass is 337 g/mol. The summed E-state index contributed by atoms with van der Waals surface area (Å²) in [6.07, 6.45) is 3.54. The van der Waals surface area contributed by atoms with Crippen LogP contribution in [-0.4, -0.2) is 10.8 Å². The normalized spacial score (nSPS) is 13.4. The lowest BCUT2D eigenvalue weighted by Gasteiger charge is -2.18. The molecule has 0 aliphatic carbocycles. The summed E-state index contributed by atoms with van der Waals surface area (Å²) in [4.78, 5) is 18.7. The molecule has 0 aliphatic rings. The number of carbonyl (C=O) groups excluding carboxylic acids is 1. The van der Waals surface area contributed by atoms with Crippen LogP contribution in [-0.2, 0) is 11.8 Å². The van der Waals surface area contributed by atoms with Gasteiger partial charge in [0.05, 0.1) is 5.01 Å². The summed E-state index contributed by atoms with van der Waals surface area (Å²) in [7, 11) is 0. The zero-order valence-electron chi connectivity index (χ0n) is 16.6. The van der Waals surface area contributed by atoms with Crippen molar-refractivity contribution in [1.29, 1.82) is 0 Å². The molecule has 1 heterocycles. The Kier molecular flexibility index (Phi) is 6.23. The molecule has 1 aromatic heterocycles. The first-order chi connectivity index (χ1) is 10.2. The molecule has 0 atom stereocenters. The van der Waals surface area contributed by atoms with Crippen molar-refractivity contribution in [3.63, 3.8) is 0 Å². The molecule has 0 spiro atoms. The molecule has 0 radical (unpaired) electrons. The van der Waals surface area contributed by atoms with E-state index in [4.69, 9.17) is 4.98 Å². The van der Waals surface area contributed by atoms with Crippen molar-refractivity contribution in [2.75, 3.05) is 0 Å². The molecular weight excluding hydrogens is 302 g/mol. The van der Waals surface area contributed by atoms with Gasteiger partial charge in [0.25, 0.3) is 0 Å². The van der Waals surface area contributed by atoms with Gasteiger partial charge in [-0.3, -0.25) is 4.79 Å². The third-order valence-electron chi connectivity index (χ3n) is 3.81. The van der Waals surface area contributed by atoms with Gasteiger partial charge in [0.2, 0.25) is 0 Å². The van der Waals surface area contributed by atoms with Crippen molar-refractivity contribution in [1.82, 2.24) is 4.98 Å². The van der Waals surface area contributed by atoms with E-state index >= 15 is 0 Å². The second-order valence-electron chi connectivity index (χ2n) is 10.1. The molecule has 23 heavy (non-hydrogen) atoms. The average molecular weight is 338 g/mol. The topological polar surface area (TPSA) is 30.0 Å². The molecule has 0 fully saturated rings. The van der Waals surface area contributed by atoms with Crippen LogP contribution in [0, 0.1) is 10.8 Å². The quantitative estimate of drug-likeness (QED) is 0.580. The Morgan fingerprint density at radius 1 is 0.913 bits per heavy atom. The highest BCUT2D eigenvalue weighted by Crippen LogP contribution is 2.33. The van der Waals surface area contributed by atoms with E-state index in [1.807, 2.05) is 0 Å². The summed E-state index contributed by atoms with van der Waals surface area (Å²) >= 11 is 1.74. The van der Waals surface area contributed by atoms with Crippen LogP contribution in [0.2, 0.25) is 0 Å². The molecule has 0 unspecified atom stereocenters. The standard InChI is InChI=1S/C20H35NOS/c1-18(2,3)12-10-14(22)16-15(11-13-19(4,5)6)23-17(21-16)20(7,8)9/h10-13H2,1-9H3. The second-order valence-corrected chi connectivity index (χ2v) is 11.2. The summed E-state index contributed by atoms with van der Waals surface area (Å²) in [6.45, 7) is 19.8. The number of aromatic nitrogens is 1. The first-order valence-corrected chi connectivity index (χ1v) is 9.54. The molecule has 1 aromatic rings. The van der Waals surface area contributed by atoms with Gasteiger partial charge < -0.3 is 0 Å². The number of Topliss-reactive ketones (excluding diaryl/α,β-unsaturated/α-hetero) is 1. The van der Waals surface area contributed by atoms with Crippen LogP contribution >= 0.6 is 11.3 Å². The van der Waals surface area contributed by atoms with E-state index < -0.39 is 0 Å². The summed E-state index contributed by atoms with van der Waals surface area (Å²) < 4.78 is 0. The Hall–Kier alpha value is -0.700. The van der Waals surface area contributed by atoms with Crippen LogP contribution in [0.1, 0.15) is 102 Å². The van der Waals surface area contributed by atoms with Gasteiger partial charge in [0, 0.05) is 16.7 Å². The molecule has 0 aromatic carbocycles. The number of hydrogen-bond donors (Lipinski definition) is 0. The molecular formula is C20H35NOS. The highest BCUT2D eigenvalue weighted by atomic mass is 32.1. The number of hydrogen-bond acceptors (Lipinski definition) is 3. The minimum Gasteiger partial charge on any atom is -0.292 e. The van der Waals surface area contributed by atoms with Crippen LogP contribution in [0.3, 0.4) is 0 Å². The maximum atomic E-state index is 12.7. The molecule has 0 N–H and O–H groups in total. The second kappa shape index (κ2) is 7.04. The third kappa shape index (κ3) is 7.15. The lowest BCUT2D eigenvalue weighted by molar-refractivity contribution is 0.0960. The van der Waals surface area contributed by atoms with E-state index in [-0.39, 0.29) is 22.0 Å². The van der Waals surface area contributed by atoms with E-state index in [0.717, 1.165) is 30.0 Å². The van der Waals surface area contributed by atoms with Gasteiger partial charge in [-0.25, -0.2) is 4.98 Å². The van der Waals surface area contributed by atoms with Gasteiger partial charge >= 0.3 is 0 Å². The molecule has 0 saturated carbocycles. The Labute approximate surface area is 147 Å². The number of thiazole rings is 1. The van der Waals surface area contributed by atoms with Gasteiger partial charge in [-0.15, -0.1) is 11.3 Å². The van der Waals surface area contributed by atoms with Gasteiger partial charge in [-0.05, 0) is 30.1 Å². The molecule has 0 amide bonds. The Morgan fingerprint density at radius 2 is 1.43 bits per heavy atom. The molecule has 1 rings (SSSR count). The molecule has 0 bridgehead atoms. The van der Waals surface area contributed by atoms with Crippen LogP contribution in [0.25, 0.3) is 0 Å². The Morgan fingerprint density at radius 3 is 1.87 bits per heavy atom. The third-order valence-corrected chi connectivity index (χ3v) is 5.35. The number of carbonyl (C=O) groups is 1. The number of nitrogens with zero attached hydrogens (tertiary/aromatic N) is 1. The number of rotatable bonds is 5. The molecule has 132 valence electrons. The van der Waals surface area contributed by atoms with Crippen molar-refractivity contribution in [3.05, 3.63) is 15.6 Å². The largest absolute Gasteiger partial charge is 0.292 e. The smallest absolute Gasteiger partial charge is 0.182 e. The minimum atomic E-state index is 0.00368. The first kappa shape index (κ1) is 20.3. The van der Waals surface area contributed by atoms with Crippen LogP contribution in [0.4, 0.5) is 0 Å². The molecule has 3 heteroatoms. The predicted molar refractivity (Wildman–Crippen MR) is 102 cm³/mol. The molecule has 0 aliphatic heterocycles. The minimum absolute atomic E-state index is 0.00368. The van der Waals surface area contributed by atoms with Crippen molar-refractivity contribution in [2.24, 2.45) is 10.8 Å². The van der Waals surface area contributed by atoms with E-state index in [2.05, 4.69) is 62.3 Å². The SMILES string of the molecule is CC(C)(C)CCC(=O)c1nc(C(C)(C)C)sc1CCC(C)(C)C. The first-order valence-electron chi connectivity index (χ1n) is 8.72. The maximum Gasteiger partial charge on any atom is 0.182 e. The van der Waals surface area contributed by atoms with E-state index in [1.165, 1.54) is 4.88 Å². The molecule has 2 nitrogen and oxygen atoms in total. The Balaban J connectivity index is 3.02. The number of aryl methyl sites for hydroxylation is 1. The zero-order chi connectivity index (χ0) is 18.1. The van der Waals surface area contributed by atoms with Gasteiger partial charge in [0.1, 0.15) is 5.69 Å². The summed E-state index contributed by atoms with van der Waals surface area (Å²) in [5, 5.41) is 1.08. The average Bonchev–Trinajstić information content (AvgIpc) is 2.75. The summed E-state index contributed by atoms with van der Waals surface area (Å²) in [6, 6.07) is 0. The summed E-state index contributed by atoms with van der Waals surface area (Å²) in [5.41, 5.74) is 1.21. The van der Waals surface area contributed by atoms with E-state index in [1.54, 1.807) is 11.3 Å².